The summed E-state index contributed by atoms with van der Waals surface area (Å²) in [5.41, 5.74) is 6.56. The number of carbonyl (C=O) groups excluding carboxylic acids is 3. The maximum Gasteiger partial charge on any atom is 0.253 e. The van der Waals surface area contributed by atoms with Gasteiger partial charge in [-0.05, 0) is 73.7 Å². The number of aldehydes is 1. The number of benzene rings is 1. The number of ether oxygens (including phenoxy) is 2. The summed E-state index contributed by atoms with van der Waals surface area (Å²) in [6, 6.07) is 7.18. The van der Waals surface area contributed by atoms with Crippen LogP contribution < -0.4 is 16.0 Å². The third kappa shape index (κ3) is 8.19. The van der Waals surface area contributed by atoms with Gasteiger partial charge < -0.3 is 30.2 Å². The predicted molar refractivity (Wildman–Crippen MR) is 184 cm³/mol. The SMILES string of the molecule is CC[C@@]1(c2cc(/C=C/COCCOCCNC)cnc2NC=O)Cc2cc(C(=O)N[C@H](C=O)Cc3cc(C)c4[nH]ncc4c3)cnc2C1. The van der Waals surface area contributed by atoms with Gasteiger partial charge in [-0.2, -0.15) is 5.10 Å². The minimum Gasteiger partial charge on any atom is -0.378 e. The number of amides is 2. The van der Waals surface area contributed by atoms with Crippen molar-refractivity contribution in [3.05, 3.63) is 88.0 Å². The molecule has 2 atom stereocenters. The van der Waals surface area contributed by atoms with Crippen LogP contribution in [0.1, 0.15) is 57.2 Å². The Hall–Kier alpha value is -4.78. The Bertz CT molecular complexity index is 1770. The Morgan fingerprint density at radius 2 is 1.92 bits per heavy atom. The molecule has 3 aromatic heterocycles. The summed E-state index contributed by atoms with van der Waals surface area (Å²) in [6.07, 6.45) is 12.7. The number of aromatic amines is 1. The number of nitrogens with one attached hydrogen (secondary N) is 4. The molecule has 48 heavy (non-hydrogen) atoms. The number of H-pyrrole nitrogens is 1. The number of likely N-dealkylation sites (N-methyl/N-ethyl adjacent to an activating group) is 1. The van der Waals surface area contributed by atoms with Crippen LogP contribution in [0, 0.1) is 6.92 Å². The summed E-state index contributed by atoms with van der Waals surface area (Å²) in [6.45, 7) is 7.00. The van der Waals surface area contributed by atoms with Gasteiger partial charge >= 0.3 is 0 Å². The van der Waals surface area contributed by atoms with Gasteiger partial charge in [-0.25, -0.2) is 4.98 Å². The van der Waals surface area contributed by atoms with Crippen molar-refractivity contribution in [1.29, 1.82) is 0 Å². The highest BCUT2D eigenvalue weighted by Crippen LogP contribution is 2.44. The molecule has 2 amide bonds. The zero-order valence-electron chi connectivity index (χ0n) is 27.7. The lowest BCUT2D eigenvalue weighted by atomic mass is 9.75. The largest absolute Gasteiger partial charge is 0.378 e. The van der Waals surface area contributed by atoms with Crippen molar-refractivity contribution in [2.75, 3.05) is 45.3 Å². The number of rotatable bonds is 18. The normalized spacial score (nSPS) is 16.2. The predicted octanol–water partition coefficient (Wildman–Crippen LogP) is 3.48. The zero-order valence-corrected chi connectivity index (χ0v) is 27.7. The number of carbonyl (C=O) groups is 3. The standard InChI is InChI=1S/C36H43N7O5/c1-4-36(31-15-25(19-39-34(31)40-23-45)6-5-8-47-10-11-48-9-7-37-3)17-27-16-29(20-38-32(27)18-36)35(46)42-30(22-44)14-26-12-24(2)33-28(13-26)21-41-43-33/h5-6,12-13,15-16,19-23,30,37H,4,7-11,14,17-18H2,1-3H3,(H,41,43)(H,42,46)(H,39,40,45)/b6-5+/t30-,36+/m0/s1. The van der Waals surface area contributed by atoms with Gasteiger partial charge in [0.25, 0.3) is 5.91 Å². The second kappa shape index (κ2) is 16.4. The Morgan fingerprint density at radius 1 is 1.06 bits per heavy atom. The molecular formula is C36H43N7O5. The molecule has 12 heteroatoms. The molecular weight excluding hydrogens is 610 g/mol. The van der Waals surface area contributed by atoms with E-state index >= 15 is 0 Å². The molecule has 0 saturated heterocycles. The van der Waals surface area contributed by atoms with Gasteiger partial charge in [-0.15, -0.1) is 0 Å². The fraction of sp³-hybridized carbons (Fsp3) is 0.389. The molecule has 0 saturated carbocycles. The van der Waals surface area contributed by atoms with Crippen molar-refractivity contribution >= 4 is 41.4 Å². The molecule has 1 aromatic carbocycles. The highest BCUT2D eigenvalue weighted by molar-refractivity contribution is 5.95. The molecule has 1 aliphatic carbocycles. The number of anilines is 1. The van der Waals surface area contributed by atoms with Crippen molar-refractivity contribution in [2.24, 2.45) is 0 Å². The Labute approximate surface area is 280 Å². The average molecular weight is 654 g/mol. The molecule has 0 fully saturated rings. The highest BCUT2D eigenvalue weighted by Gasteiger charge is 2.40. The number of hydrogen-bond donors (Lipinski definition) is 4. The molecule has 5 rings (SSSR count). The van der Waals surface area contributed by atoms with Crippen LogP contribution in [0.4, 0.5) is 5.82 Å². The maximum atomic E-state index is 13.3. The molecule has 0 bridgehead atoms. The molecule has 0 aliphatic heterocycles. The third-order valence-corrected chi connectivity index (χ3v) is 8.84. The van der Waals surface area contributed by atoms with Gasteiger partial charge in [0.2, 0.25) is 6.41 Å². The number of hydrogen-bond acceptors (Lipinski definition) is 9. The average Bonchev–Trinajstić information content (AvgIpc) is 3.73. The fourth-order valence-electron chi connectivity index (χ4n) is 6.30. The fourth-order valence-corrected chi connectivity index (χ4v) is 6.30. The molecule has 1 aliphatic rings. The number of nitrogens with zero attached hydrogens (tertiary/aromatic N) is 3. The quantitative estimate of drug-likeness (QED) is 0.0931. The Morgan fingerprint density at radius 3 is 2.71 bits per heavy atom. The molecule has 3 heterocycles. The van der Waals surface area contributed by atoms with Crippen LogP contribution in [0.15, 0.2) is 48.9 Å². The smallest absolute Gasteiger partial charge is 0.253 e. The van der Waals surface area contributed by atoms with Crippen LogP contribution in [0.2, 0.25) is 0 Å². The summed E-state index contributed by atoms with van der Waals surface area (Å²) < 4.78 is 11.1. The lowest BCUT2D eigenvalue weighted by Crippen LogP contribution is -2.37. The minimum atomic E-state index is -0.704. The van der Waals surface area contributed by atoms with E-state index in [9.17, 15) is 14.4 Å². The first kappa shape index (κ1) is 34.6. The molecule has 4 N–H and O–H groups in total. The van der Waals surface area contributed by atoms with Crippen LogP contribution in [0.5, 0.6) is 0 Å². The van der Waals surface area contributed by atoms with E-state index in [1.165, 1.54) is 0 Å². The monoisotopic (exact) mass is 653 g/mol. The van der Waals surface area contributed by atoms with Crippen LogP contribution in [-0.2, 0) is 43.7 Å². The number of pyridine rings is 2. The summed E-state index contributed by atoms with van der Waals surface area (Å²) in [4.78, 5) is 46.1. The van der Waals surface area contributed by atoms with Crippen molar-refractivity contribution < 1.29 is 23.9 Å². The van der Waals surface area contributed by atoms with Gasteiger partial charge in [0.1, 0.15) is 12.1 Å². The summed E-state index contributed by atoms with van der Waals surface area (Å²) in [5, 5.41) is 16.7. The highest BCUT2D eigenvalue weighted by atomic mass is 16.5. The molecule has 0 unspecified atom stereocenters. The molecule has 12 nitrogen and oxygen atoms in total. The lowest BCUT2D eigenvalue weighted by molar-refractivity contribution is -0.109. The van der Waals surface area contributed by atoms with E-state index in [1.54, 1.807) is 18.6 Å². The van der Waals surface area contributed by atoms with Gasteiger partial charge in [-0.1, -0.05) is 25.1 Å². The molecule has 252 valence electrons. The van der Waals surface area contributed by atoms with Crippen LogP contribution in [0.3, 0.4) is 0 Å². The summed E-state index contributed by atoms with van der Waals surface area (Å²) in [7, 11) is 1.88. The van der Waals surface area contributed by atoms with E-state index in [0.29, 0.717) is 63.5 Å². The third-order valence-electron chi connectivity index (χ3n) is 8.84. The zero-order chi connectivity index (χ0) is 33.9. The lowest BCUT2D eigenvalue weighted by Gasteiger charge is -2.29. The summed E-state index contributed by atoms with van der Waals surface area (Å²) in [5.74, 6) is 0.142. The first-order chi connectivity index (χ1) is 23.4. The molecule has 0 radical (unpaired) electrons. The van der Waals surface area contributed by atoms with Crippen LogP contribution in [-0.4, -0.2) is 84.8 Å². The Kier molecular flexibility index (Phi) is 11.8. The van der Waals surface area contributed by atoms with Crippen molar-refractivity contribution in [3.8, 4) is 0 Å². The van der Waals surface area contributed by atoms with E-state index < -0.39 is 6.04 Å². The van der Waals surface area contributed by atoms with Gasteiger partial charge in [0.15, 0.2) is 0 Å². The van der Waals surface area contributed by atoms with Crippen molar-refractivity contribution in [2.45, 2.75) is 51.0 Å². The van der Waals surface area contributed by atoms with Gasteiger partial charge in [-0.3, -0.25) is 19.7 Å². The van der Waals surface area contributed by atoms with Crippen molar-refractivity contribution in [3.63, 3.8) is 0 Å². The van der Waals surface area contributed by atoms with E-state index in [-0.39, 0.29) is 11.3 Å². The van der Waals surface area contributed by atoms with Gasteiger partial charge in [0, 0.05) is 47.4 Å². The first-order valence-corrected chi connectivity index (χ1v) is 16.2. The van der Waals surface area contributed by atoms with Crippen molar-refractivity contribution in [1.82, 2.24) is 30.8 Å². The minimum absolute atomic E-state index is 0.357. The number of aromatic nitrogens is 4. The second-order valence-corrected chi connectivity index (χ2v) is 12.1. The van der Waals surface area contributed by atoms with Crippen LogP contribution >= 0.6 is 0 Å². The van der Waals surface area contributed by atoms with E-state index in [0.717, 1.165) is 63.7 Å². The van der Waals surface area contributed by atoms with Gasteiger partial charge in [0.05, 0.1) is 49.7 Å². The van der Waals surface area contributed by atoms with Crippen LogP contribution in [0.25, 0.3) is 17.0 Å². The molecule has 4 aromatic rings. The first-order valence-electron chi connectivity index (χ1n) is 16.2. The number of aryl methyl sites for hydroxylation is 1. The van der Waals surface area contributed by atoms with E-state index in [4.69, 9.17) is 14.5 Å². The van der Waals surface area contributed by atoms with E-state index in [2.05, 4.69) is 44.1 Å². The topological polar surface area (TPSA) is 160 Å². The Balaban J connectivity index is 1.27. The summed E-state index contributed by atoms with van der Waals surface area (Å²) >= 11 is 0. The maximum absolute atomic E-state index is 13.3. The number of fused-ring (bicyclic) bond motifs is 2. The second-order valence-electron chi connectivity index (χ2n) is 12.1. The van der Waals surface area contributed by atoms with E-state index in [1.807, 2.05) is 44.3 Å². The molecule has 0 spiro atoms.